The molecule has 1 amide bonds. The second-order valence-electron chi connectivity index (χ2n) is 7.09. The van der Waals surface area contributed by atoms with Crippen molar-refractivity contribution in [3.05, 3.63) is 71.8 Å². The van der Waals surface area contributed by atoms with Gasteiger partial charge in [-0.1, -0.05) is 60.7 Å². The highest BCUT2D eigenvalue weighted by molar-refractivity contribution is 5.80. The molecule has 0 saturated heterocycles. The molecule has 1 unspecified atom stereocenters. The van der Waals surface area contributed by atoms with Gasteiger partial charge in [0.1, 0.15) is 0 Å². The summed E-state index contributed by atoms with van der Waals surface area (Å²) in [4.78, 5) is 23.6. The van der Waals surface area contributed by atoms with E-state index in [9.17, 15) is 9.59 Å². The van der Waals surface area contributed by atoms with Gasteiger partial charge >= 0.3 is 5.97 Å². The van der Waals surface area contributed by atoms with Crippen LogP contribution in [0.3, 0.4) is 0 Å². The minimum absolute atomic E-state index is 0.0113. The Kier molecular flexibility index (Phi) is 6.05. The van der Waals surface area contributed by atoms with Crippen LogP contribution in [0.25, 0.3) is 0 Å². The normalized spacial score (nSPS) is 20.5. The fourth-order valence-electron chi connectivity index (χ4n) is 3.74. The van der Waals surface area contributed by atoms with Crippen molar-refractivity contribution in [1.82, 2.24) is 5.32 Å². The first-order valence-corrected chi connectivity index (χ1v) is 9.23. The molecule has 1 aliphatic carbocycles. The van der Waals surface area contributed by atoms with Crippen molar-refractivity contribution < 1.29 is 14.7 Å². The Morgan fingerprint density at radius 1 is 0.962 bits per heavy atom. The fraction of sp³-hybridized carbons (Fsp3) is 0.364. The Hall–Kier alpha value is -2.62. The lowest BCUT2D eigenvalue weighted by Crippen LogP contribution is -2.33. The topological polar surface area (TPSA) is 66.4 Å². The molecule has 2 aromatic rings. The molecule has 4 nitrogen and oxygen atoms in total. The number of carbonyl (C=O) groups is 2. The molecule has 3 atom stereocenters. The number of carbonyl (C=O) groups excluding carboxylic acids is 1. The van der Waals surface area contributed by atoms with E-state index in [0.717, 1.165) is 6.42 Å². The van der Waals surface area contributed by atoms with Crippen LogP contribution in [0.2, 0.25) is 0 Å². The van der Waals surface area contributed by atoms with Crippen LogP contribution in [0.15, 0.2) is 60.7 Å². The lowest BCUT2D eigenvalue weighted by Gasteiger charge is -2.20. The highest BCUT2D eigenvalue weighted by Gasteiger charge is 2.33. The molecule has 0 spiro atoms. The summed E-state index contributed by atoms with van der Waals surface area (Å²) < 4.78 is 0. The minimum atomic E-state index is -0.786. The summed E-state index contributed by atoms with van der Waals surface area (Å²) in [6.45, 7) is 0.561. The Morgan fingerprint density at radius 2 is 1.58 bits per heavy atom. The second-order valence-corrected chi connectivity index (χ2v) is 7.09. The largest absolute Gasteiger partial charge is 0.481 e. The van der Waals surface area contributed by atoms with Crippen molar-refractivity contribution in [2.75, 3.05) is 6.54 Å². The van der Waals surface area contributed by atoms with Gasteiger partial charge in [-0.3, -0.25) is 9.59 Å². The summed E-state index contributed by atoms with van der Waals surface area (Å²) in [7, 11) is 0. The van der Waals surface area contributed by atoms with E-state index in [0.29, 0.717) is 25.8 Å². The maximum Gasteiger partial charge on any atom is 0.306 e. The predicted octanol–water partition coefficient (Wildman–Crippen LogP) is 3.63. The van der Waals surface area contributed by atoms with Gasteiger partial charge in [0.2, 0.25) is 5.91 Å². The standard InChI is InChI=1S/C22H25NO3/c24-21(18-11-12-19(14-18)22(25)26)23-15-20(17-9-5-2-6-10-17)13-16-7-3-1-4-8-16/h1-10,18-20H,11-15H2,(H,23,24)(H,25,26)/t18-,19+,20?/m0/s1. The molecule has 2 N–H and O–H groups in total. The third kappa shape index (κ3) is 4.72. The van der Waals surface area contributed by atoms with Crippen LogP contribution in [0.5, 0.6) is 0 Å². The predicted molar refractivity (Wildman–Crippen MR) is 101 cm³/mol. The first-order valence-electron chi connectivity index (χ1n) is 9.23. The van der Waals surface area contributed by atoms with Crippen molar-refractivity contribution in [2.45, 2.75) is 31.6 Å². The third-order valence-electron chi connectivity index (χ3n) is 5.27. The summed E-state index contributed by atoms with van der Waals surface area (Å²) in [5, 5.41) is 12.2. The molecule has 0 aromatic heterocycles. The number of carboxylic acid groups (broad SMARTS) is 1. The number of benzene rings is 2. The average molecular weight is 351 g/mol. The van der Waals surface area contributed by atoms with Gasteiger partial charge in [-0.15, -0.1) is 0 Å². The number of rotatable bonds is 7. The molecule has 0 heterocycles. The highest BCUT2D eigenvalue weighted by Crippen LogP contribution is 2.31. The number of nitrogens with one attached hydrogen (secondary N) is 1. The molecule has 1 aliphatic rings. The molecule has 0 radical (unpaired) electrons. The molecule has 26 heavy (non-hydrogen) atoms. The smallest absolute Gasteiger partial charge is 0.306 e. The maximum atomic E-state index is 12.5. The average Bonchev–Trinajstić information content (AvgIpc) is 3.17. The fourth-order valence-corrected chi connectivity index (χ4v) is 3.74. The quantitative estimate of drug-likeness (QED) is 0.800. The van der Waals surface area contributed by atoms with E-state index in [1.165, 1.54) is 11.1 Å². The summed E-state index contributed by atoms with van der Waals surface area (Å²) in [5.41, 5.74) is 2.44. The van der Waals surface area contributed by atoms with Gasteiger partial charge < -0.3 is 10.4 Å². The number of aliphatic carboxylic acids is 1. The lowest BCUT2D eigenvalue weighted by molar-refractivity contribution is -0.141. The molecule has 1 fully saturated rings. The van der Waals surface area contributed by atoms with Gasteiger partial charge in [-0.2, -0.15) is 0 Å². The number of hydrogen-bond donors (Lipinski definition) is 2. The van der Waals surface area contributed by atoms with Crippen LogP contribution < -0.4 is 5.32 Å². The Bertz CT molecular complexity index is 730. The van der Waals surface area contributed by atoms with Crippen molar-refractivity contribution in [3.8, 4) is 0 Å². The van der Waals surface area contributed by atoms with Crippen LogP contribution in [0.1, 0.15) is 36.3 Å². The van der Waals surface area contributed by atoms with Gasteiger partial charge in [0, 0.05) is 18.4 Å². The monoisotopic (exact) mass is 351 g/mol. The SMILES string of the molecule is O=C(O)[C@@H]1CC[C@H](C(=O)NCC(Cc2ccccc2)c2ccccc2)C1. The zero-order valence-corrected chi connectivity index (χ0v) is 14.8. The Morgan fingerprint density at radius 3 is 2.19 bits per heavy atom. The van der Waals surface area contributed by atoms with Crippen molar-refractivity contribution >= 4 is 11.9 Å². The van der Waals surface area contributed by atoms with Gasteiger partial charge in [-0.25, -0.2) is 0 Å². The Labute approximate surface area is 154 Å². The first kappa shape index (κ1) is 18.2. The summed E-state index contributed by atoms with van der Waals surface area (Å²) in [5.74, 6) is -1.15. The van der Waals surface area contributed by atoms with Crippen LogP contribution in [0, 0.1) is 11.8 Å². The van der Waals surface area contributed by atoms with Crippen molar-refractivity contribution in [1.29, 1.82) is 0 Å². The van der Waals surface area contributed by atoms with E-state index in [1.807, 2.05) is 36.4 Å². The lowest BCUT2D eigenvalue weighted by atomic mass is 9.91. The number of carboxylic acids is 1. The van der Waals surface area contributed by atoms with Crippen LogP contribution in [0.4, 0.5) is 0 Å². The molecular weight excluding hydrogens is 326 g/mol. The highest BCUT2D eigenvalue weighted by atomic mass is 16.4. The van der Waals surface area contributed by atoms with Gasteiger partial charge in [0.25, 0.3) is 0 Å². The van der Waals surface area contributed by atoms with Gasteiger partial charge in [0.05, 0.1) is 5.92 Å². The summed E-state index contributed by atoms with van der Waals surface area (Å²) in [6.07, 6.45) is 2.57. The van der Waals surface area contributed by atoms with Crippen molar-refractivity contribution in [3.63, 3.8) is 0 Å². The molecule has 0 bridgehead atoms. The molecule has 4 heteroatoms. The maximum absolute atomic E-state index is 12.5. The van der Waals surface area contributed by atoms with Crippen LogP contribution >= 0.6 is 0 Å². The molecular formula is C22H25NO3. The molecule has 0 aliphatic heterocycles. The molecule has 136 valence electrons. The van der Waals surface area contributed by atoms with Crippen LogP contribution in [-0.4, -0.2) is 23.5 Å². The van der Waals surface area contributed by atoms with Gasteiger partial charge in [0.15, 0.2) is 0 Å². The zero-order chi connectivity index (χ0) is 18.4. The number of hydrogen-bond acceptors (Lipinski definition) is 2. The summed E-state index contributed by atoms with van der Waals surface area (Å²) >= 11 is 0. The Balaban J connectivity index is 1.63. The second kappa shape index (κ2) is 8.65. The van der Waals surface area contributed by atoms with Crippen LogP contribution in [-0.2, 0) is 16.0 Å². The van der Waals surface area contributed by atoms with E-state index in [1.54, 1.807) is 0 Å². The van der Waals surface area contributed by atoms with E-state index >= 15 is 0 Å². The van der Waals surface area contributed by atoms with Gasteiger partial charge in [-0.05, 0) is 36.8 Å². The van der Waals surface area contributed by atoms with E-state index in [-0.39, 0.29) is 23.7 Å². The first-order chi connectivity index (χ1) is 12.6. The molecule has 1 saturated carbocycles. The molecule has 2 aromatic carbocycles. The van der Waals surface area contributed by atoms with E-state index < -0.39 is 5.97 Å². The van der Waals surface area contributed by atoms with E-state index in [2.05, 4.69) is 29.6 Å². The minimum Gasteiger partial charge on any atom is -0.481 e. The zero-order valence-electron chi connectivity index (χ0n) is 14.8. The summed E-state index contributed by atoms with van der Waals surface area (Å²) in [6, 6.07) is 20.5. The number of amides is 1. The molecule has 3 rings (SSSR count). The van der Waals surface area contributed by atoms with Crippen molar-refractivity contribution in [2.24, 2.45) is 11.8 Å². The third-order valence-corrected chi connectivity index (χ3v) is 5.27. The van der Waals surface area contributed by atoms with E-state index in [4.69, 9.17) is 5.11 Å².